The van der Waals surface area contributed by atoms with Crippen molar-refractivity contribution in [1.29, 1.82) is 0 Å². The fourth-order valence-electron chi connectivity index (χ4n) is 1.69. The van der Waals surface area contributed by atoms with E-state index in [1.54, 1.807) is 6.92 Å². The van der Waals surface area contributed by atoms with Crippen molar-refractivity contribution in [2.75, 3.05) is 5.32 Å². The number of aromatic nitrogens is 2. The first kappa shape index (κ1) is 13.0. The standard InChI is InChI=1S/C14H15N3O2/c1-3-10-4-6-11(7-5-10)17-14-15-8-12(13(18)19)9(2)16-14/h4-8H,3H2,1-2H3,(H,18,19)(H,15,16,17). The summed E-state index contributed by atoms with van der Waals surface area (Å²) < 4.78 is 0. The number of aryl methyl sites for hydroxylation is 2. The lowest BCUT2D eigenvalue weighted by Crippen LogP contribution is -2.06. The molecule has 2 N–H and O–H groups in total. The molecule has 1 aromatic heterocycles. The maximum Gasteiger partial charge on any atom is 0.339 e. The number of hydrogen-bond donors (Lipinski definition) is 2. The number of aromatic carboxylic acids is 1. The minimum atomic E-state index is -1.02. The first-order valence-electron chi connectivity index (χ1n) is 6.03. The second-order valence-electron chi connectivity index (χ2n) is 4.17. The zero-order valence-corrected chi connectivity index (χ0v) is 10.8. The van der Waals surface area contributed by atoms with Gasteiger partial charge in [0.15, 0.2) is 0 Å². The molecule has 0 aliphatic heterocycles. The van der Waals surface area contributed by atoms with Crippen LogP contribution in [0.15, 0.2) is 30.5 Å². The fourth-order valence-corrected chi connectivity index (χ4v) is 1.69. The van der Waals surface area contributed by atoms with Crippen LogP contribution in [0.4, 0.5) is 11.6 Å². The van der Waals surface area contributed by atoms with Crippen LogP contribution in [0, 0.1) is 6.92 Å². The Bertz CT molecular complexity index is 594. The third-order valence-electron chi connectivity index (χ3n) is 2.83. The summed E-state index contributed by atoms with van der Waals surface area (Å²) in [4.78, 5) is 19.0. The van der Waals surface area contributed by atoms with Gasteiger partial charge >= 0.3 is 5.97 Å². The van der Waals surface area contributed by atoms with Crippen LogP contribution in [-0.4, -0.2) is 21.0 Å². The van der Waals surface area contributed by atoms with E-state index in [4.69, 9.17) is 5.11 Å². The van der Waals surface area contributed by atoms with Gasteiger partial charge in [-0.05, 0) is 31.0 Å². The number of carbonyl (C=O) groups is 1. The van der Waals surface area contributed by atoms with Crippen molar-refractivity contribution < 1.29 is 9.90 Å². The first-order chi connectivity index (χ1) is 9.10. The summed E-state index contributed by atoms with van der Waals surface area (Å²) in [6, 6.07) is 7.95. The lowest BCUT2D eigenvalue weighted by atomic mass is 10.1. The largest absolute Gasteiger partial charge is 0.478 e. The third-order valence-corrected chi connectivity index (χ3v) is 2.83. The summed E-state index contributed by atoms with van der Waals surface area (Å²) in [5.74, 6) is -0.622. The van der Waals surface area contributed by atoms with Crippen molar-refractivity contribution in [2.24, 2.45) is 0 Å². The van der Waals surface area contributed by atoms with E-state index in [0.29, 0.717) is 11.6 Å². The molecular formula is C14H15N3O2. The highest BCUT2D eigenvalue weighted by Gasteiger charge is 2.09. The predicted molar refractivity (Wildman–Crippen MR) is 72.8 cm³/mol. The van der Waals surface area contributed by atoms with Crippen LogP contribution in [0.3, 0.4) is 0 Å². The average Bonchev–Trinajstić information content (AvgIpc) is 2.39. The Balaban J connectivity index is 2.18. The molecule has 5 nitrogen and oxygen atoms in total. The number of rotatable bonds is 4. The molecule has 5 heteroatoms. The summed E-state index contributed by atoms with van der Waals surface area (Å²) in [5, 5.41) is 12.0. The number of nitrogens with zero attached hydrogens (tertiary/aromatic N) is 2. The molecular weight excluding hydrogens is 242 g/mol. The molecule has 0 radical (unpaired) electrons. The van der Waals surface area contributed by atoms with Crippen molar-refractivity contribution in [3.8, 4) is 0 Å². The lowest BCUT2D eigenvalue weighted by molar-refractivity contribution is 0.0695. The third kappa shape index (κ3) is 3.07. The van der Waals surface area contributed by atoms with Gasteiger partial charge in [0.05, 0.1) is 11.3 Å². The minimum Gasteiger partial charge on any atom is -0.478 e. The number of hydrogen-bond acceptors (Lipinski definition) is 4. The lowest BCUT2D eigenvalue weighted by Gasteiger charge is -2.07. The molecule has 98 valence electrons. The normalized spacial score (nSPS) is 10.2. The number of carboxylic acid groups (broad SMARTS) is 1. The molecule has 0 amide bonds. The van der Waals surface area contributed by atoms with E-state index in [0.717, 1.165) is 12.1 Å². The molecule has 0 bridgehead atoms. The van der Waals surface area contributed by atoms with Crippen LogP contribution in [0.25, 0.3) is 0 Å². The summed E-state index contributed by atoms with van der Waals surface area (Å²) in [6.45, 7) is 3.75. The Morgan fingerprint density at radius 2 is 2.00 bits per heavy atom. The molecule has 0 saturated carbocycles. The molecule has 0 aliphatic carbocycles. The molecule has 0 atom stereocenters. The van der Waals surface area contributed by atoms with Gasteiger partial charge in [0, 0.05) is 11.9 Å². The second-order valence-corrected chi connectivity index (χ2v) is 4.17. The molecule has 2 aromatic rings. The number of carboxylic acids is 1. The molecule has 1 heterocycles. The Labute approximate surface area is 111 Å². The SMILES string of the molecule is CCc1ccc(Nc2ncc(C(=O)O)c(C)n2)cc1. The van der Waals surface area contributed by atoms with Crippen molar-refractivity contribution in [1.82, 2.24) is 9.97 Å². The summed E-state index contributed by atoms with van der Waals surface area (Å²) in [6.07, 6.45) is 2.30. The van der Waals surface area contributed by atoms with Crippen molar-refractivity contribution >= 4 is 17.6 Å². The molecule has 2 rings (SSSR count). The predicted octanol–water partition coefficient (Wildman–Crippen LogP) is 2.79. The van der Waals surface area contributed by atoms with Gasteiger partial charge in [0.25, 0.3) is 0 Å². The van der Waals surface area contributed by atoms with Crippen molar-refractivity contribution in [3.05, 3.63) is 47.3 Å². The van der Waals surface area contributed by atoms with Gasteiger partial charge in [-0.1, -0.05) is 19.1 Å². The monoisotopic (exact) mass is 257 g/mol. The van der Waals surface area contributed by atoms with Gasteiger partial charge in [0.2, 0.25) is 5.95 Å². The number of nitrogens with one attached hydrogen (secondary N) is 1. The van der Waals surface area contributed by atoms with E-state index in [9.17, 15) is 4.79 Å². The summed E-state index contributed by atoms with van der Waals surface area (Å²) in [7, 11) is 0. The summed E-state index contributed by atoms with van der Waals surface area (Å²) >= 11 is 0. The van der Waals surface area contributed by atoms with Crippen LogP contribution in [0.2, 0.25) is 0 Å². The number of benzene rings is 1. The highest BCUT2D eigenvalue weighted by atomic mass is 16.4. The van der Waals surface area contributed by atoms with E-state index in [2.05, 4.69) is 22.2 Å². The number of anilines is 2. The molecule has 0 fully saturated rings. The van der Waals surface area contributed by atoms with E-state index in [1.165, 1.54) is 11.8 Å². The Hall–Kier alpha value is -2.43. The highest BCUT2D eigenvalue weighted by molar-refractivity contribution is 5.88. The Morgan fingerprint density at radius 3 is 2.53 bits per heavy atom. The quantitative estimate of drug-likeness (QED) is 0.880. The van der Waals surface area contributed by atoms with E-state index in [-0.39, 0.29) is 5.56 Å². The van der Waals surface area contributed by atoms with E-state index < -0.39 is 5.97 Å². The van der Waals surface area contributed by atoms with E-state index >= 15 is 0 Å². The van der Waals surface area contributed by atoms with Gasteiger partial charge in [0.1, 0.15) is 0 Å². The summed E-state index contributed by atoms with van der Waals surface area (Å²) in [5.41, 5.74) is 2.69. The van der Waals surface area contributed by atoms with Gasteiger partial charge < -0.3 is 10.4 Å². The van der Waals surface area contributed by atoms with Crippen LogP contribution >= 0.6 is 0 Å². The fraction of sp³-hybridized carbons (Fsp3) is 0.214. The van der Waals surface area contributed by atoms with Gasteiger partial charge in [-0.2, -0.15) is 0 Å². The Morgan fingerprint density at radius 1 is 1.32 bits per heavy atom. The molecule has 0 unspecified atom stereocenters. The molecule has 0 saturated heterocycles. The van der Waals surface area contributed by atoms with Crippen LogP contribution < -0.4 is 5.32 Å². The van der Waals surface area contributed by atoms with Gasteiger partial charge in [-0.25, -0.2) is 14.8 Å². The molecule has 19 heavy (non-hydrogen) atoms. The second kappa shape index (κ2) is 5.48. The van der Waals surface area contributed by atoms with Gasteiger partial charge in [-0.3, -0.25) is 0 Å². The zero-order chi connectivity index (χ0) is 13.8. The van der Waals surface area contributed by atoms with E-state index in [1.807, 2.05) is 24.3 Å². The van der Waals surface area contributed by atoms with Crippen molar-refractivity contribution in [2.45, 2.75) is 20.3 Å². The van der Waals surface area contributed by atoms with Crippen molar-refractivity contribution in [3.63, 3.8) is 0 Å². The maximum atomic E-state index is 10.9. The smallest absolute Gasteiger partial charge is 0.339 e. The van der Waals surface area contributed by atoms with Crippen LogP contribution in [0.5, 0.6) is 0 Å². The van der Waals surface area contributed by atoms with Crippen LogP contribution in [0.1, 0.15) is 28.5 Å². The highest BCUT2D eigenvalue weighted by Crippen LogP contribution is 2.15. The van der Waals surface area contributed by atoms with Gasteiger partial charge in [-0.15, -0.1) is 0 Å². The topological polar surface area (TPSA) is 75.1 Å². The molecule has 1 aromatic carbocycles. The minimum absolute atomic E-state index is 0.117. The molecule has 0 aliphatic rings. The first-order valence-corrected chi connectivity index (χ1v) is 6.03. The Kier molecular flexibility index (Phi) is 3.75. The zero-order valence-electron chi connectivity index (χ0n) is 10.8. The van der Waals surface area contributed by atoms with Crippen LogP contribution in [-0.2, 0) is 6.42 Å². The average molecular weight is 257 g/mol. The molecule has 0 spiro atoms. The maximum absolute atomic E-state index is 10.9.